The second-order valence-electron chi connectivity index (χ2n) is 5.69. The lowest BCUT2D eigenvalue weighted by atomic mass is 10.0. The smallest absolute Gasteiger partial charge is 0.191 e. The summed E-state index contributed by atoms with van der Waals surface area (Å²) in [4.78, 5) is 4.73. The average Bonchev–Trinajstić information content (AvgIpc) is 3.07. The maximum Gasteiger partial charge on any atom is 0.191 e. The van der Waals surface area contributed by atoms with E-state index in [9.17, 15) is 0 Å². The molecule has 0 aromatic carbocycles. The van der Waals surface area contributed by atoms with Crippen LogP contribution in [-0.4, -0.2) is 39.3 Å². The van der Waals surface area contributed by atoms with Crippen molar-refractivity contribution in [3.8, 4) is 0 Å². The van der Waals surface area contributed by atoms with Crippen LogP contribution in [-0.2, 0) is 11.2 Å². The van der Waals surface area contributed by atoms with Gasteiger partial charge < -0.3 is 19.8 Å². The fourth-order valence-corrected chi connectivity index (χ4v) is 2.33. The van der Waals surface area contributed by atoms with Gasteiger partial charge in [0.25, 0.3) is 0 Å². The Morgan fingerprint density at radius 1 is 1.41 bits per heavy atom. The fraction of sp³-hybridized carbons (Fsp3) is 0.688. The first-order valence-electron chi connectivity index (χ1n) is 7.81. The molecule has 1 aliphatic carbocycles. The van der Waals surface area contributed by atoms with E-state index in [1.54, 1.807) is 13.4 Å². The molecule has 126 valence electrons. The second-order valence-corrected chi connectivity index (χ2v) is 5.69. The molecule has 0 aliphatic heterocycles. The van der Waals surface area contributed by atoms with Crippen molar-refractivity contribution >= 4 is 29.9 Å². The van der Waals surface area contributed by atoms with E-state index < -0.39 is 0 Å². The van der Waals surface area contributed by atoms with E-state index in [2.05, 4.69) is 17.6 Å². The Balaban J connectivity index is 0.00000242. The molecular formula is C16H28IN3O2. The molecule has 2 rings (SSSR count). The summed E-state index contributed by atoms with van der Waals surface area (Å²) in [5, 5.41) is 6.66. The van der Waals surface area contributed by atoms with Crippen molar-refractivity contribution < 1.29 is 9.15 Å². The third-order valence-corrected chi connectivity index (χ3v) is 3.95. The molecule has 1 aromatic rings. The highest BCUT2D eigenvalue weighted by atomic mass is 127. The summed E-state index contributed by atoms with van der Waals surface area (Å²) >= 11 is 0. The Bertz CT molecular complexity index is 431. The number of hydrogen-bond acceptors (Lipinski definition) is 3. The Kier molecular flexibility index (Phi) is 8.85. The van der Waals surface area contributed by atoms with Crippen LogP contribution in [0.15, 0.2) is 27.8 Å². The van der Waals surface area contributed by atoms with Crippen molar-refractivity contribution in [2.24, 2.45) is 10.4 Å². The van der Waals surface area contributed by atoms with Gasteiger partial charge in [-0.15, -0.1) is 24.0 Å². The number of furan rings is 1. The van der Waals surface area contributed by atoms with E-state index in [0.717, 1.165) is 50.8 Å². The van der Waals surface area contributed by atoms with Crippen molar-refractivity contribution in [1.82, 2.24) is 10.6 Å². The average molecular weight is 421 g/mol. The molecule has 1 aromatic heterocycles. The molecule has 1 saturated carbocycles. The van der Waals surface area contributed by atoms with E-state index in [1.807, 2.05) is 12.1 Å². The highest BCUT2D eigenvalue weighted by Gasteiger charge is 2.41. The Hall–Kier alpha value is -0.760. The second kappa shape index (κ2) is 10.1. The molecule has 5 nitrogen and oxygen atoms in total. The maximum atomic E-state index is 5.33. The molecule has 0 radical (unpaired) electrons. The van der Waals surface area contributed by atoms with Gasteiger partial charge in [0.2, 0.25) is 0 Å². The minimum Gasteiger partial charge on any atom is -0.469 e. The van der Waals surface area contributed by atoms with E-state index >= 15 is 0 Å². The van der Waals surface area contributed by atoms with Crippen LogP contribution in [0.2, 0.25) is 0 Å². The zero-order valence-electron chi connectivity index (χ0n) is 13.6. The molecule has 1 aliphatic rings. The number of halogens is 1. The van der Waals surface area contributed by atoms with Crippen molar-refractivity contribution in [2.45, 2.75) is 32.6 Å². The van der Waals surface area contributed by atoms with Gasteiger partial charge in [-0.1, -0.05) is 0 Å². The highest BCUT2D eigenvalue weighted by Crippen LogP contribution is 2.48. The van der Waals surface area contributed by atoms with Gasteiger partial charge in [0.05, 0.1) is 6.26 Å². The van der Waals surface area contributed by atoms with Crippen LogP contribution in [0.25, 0.3) is 0 Å². The summed E-state index contributed by atoms with van der Waals surface area (Å²) in [6.07, 6.45) is 6.23. The number of guanidine groups is 1. The summed E-state index contributed by atoms with van der Waals surface area (Å²) in [5.41, 5.74) is 0.388. The fourth-order valence-electron chi connectivity index (χ4n) is 2.33. The van der Waals surface area contributed by atoms with Crippen LogP contribution in [0, 0.1) is 5.41 Å². The summed E-state index contributed by atoms with van der Waals surface area (Å²) in [5.74, 6) is 1.89. The van der Waals surface area contributed by atoms with Crippen molar-refractivity contribution in [1.29, 1.82) is 0 Å². The van der Waals surface area contributed by atoms with Crippen LogP contribution in [0.3, 0.4) is 0 Å². The molecule has 0 atom stereocenters. The lowest BCUT2D eigenvalue weighted by Crippen LogP contribution is -2.38. The molecule has 0 bridgehead atoms. The first-order chi connectivity index (χ1) is 10.3. The molecule has 1 fully saturated rings. The van der Waals surface area contributed by atoms with Gasteiger partial charge in [-0.05, 0) is 43.7 Å². The molecule has 6 heteroatoms. The maximum absolute atomic E-state index is 5.33. The molecule has 1 heterocycles. The number of nitrogens with zero attached hydrogens (tertiary/aromatic N) is 1. The van der Waals surface area contributed by atoms with Gasteiger partial charge in [0.1, 0.15) is 5.76 Å². The number of nitrogens with one attached hydrogen (secondary N) is 2. The standard InChI is InChI=1S/C16H27N3O2.HI/c1-3-17-15(18-10-6-14-5-4-11-21-14)19-13-16(7-8-16)9-12-20-2;/h4-5,11H,3,6-10,12-13H2,1-2H3,(H2,17,18,19);1H. The van der Waals surface area contributed by atoms with Crippen LogP contribution in [0.5, 0.6) is 0 Å². The Morgan fingerprint density at radius 3 is 2.82 bits per heavy atom. The largest absolute Gasteiger partial charge is 0.469 e. The first-order valence-corrected chi connectivity index (χ1v) is 7.81. The van der Waals surface area contributed by atoms with Gasteiger partial charge in [-0.2, -0.15) is 0 Å². The normalized spacial score (nSPS) is 16.0. The minimum absolute atomic E-state index is 0. The van der Waals surface area contributed by atoms with E-state index in [4.69, 9.17) is 14.1 Å². The van der Waals surface area contributed by atoms with E-state index in [-0.39, 0.29) is 24.0 Å². The van der Waals surface area contributed by atoms with Gasteiger partial charge in [-0.25, -0.2) is 0 Å². The summed E-state index contributed by atoms with van der Waals surface area (Å²) in [6.45, 7) is 5.49. The third kappa shape index (κ3) is 6.56. The van der Waals surface area contributed by atoms with Crippen LogP contribution < -0.4 is 10.6 Å². The lowest BCUT2D eigenvalue weighted by Gasteiger charge is -2.15. The first kappa shape index (κ1) is 19.3. The molecule has 0 amide bonds. The van der Waals surface area contributed by atoms with Crippen LogP contribution in [0.4, 0.5) is 0 Å². The quantitative estimate of drug-likeness (QED) is 0.366. The molecule has 22 heavy (non-hydrogen) atoms. The zero-order chi connectivity index (χ0) is 15.0. The van der Waals surface area contributed by atoms with Crippen LogP contribution >= 0.6 is 24.0 Å². The number of ether oxygens (including phenoxy) is 1. The monoisotopic (exact) mass is 421 g/mol. The predicted octanol–water partition coefficient (Wildman–Crippen LogP) is 2.81. The molecule has 0 unspecified atom stereocenters. The summed E-state index contributed by atoms with van der Waals surface area (Å²) < 4.78 is 10.5. The molecule has 2 N–H and O–H groups in total. The van der Waals surface area contributed by atoms with Crippen molar-refractivity contribution in [3.63, 3.8) is 0 Å². The number of aliphatic imine (C=N–C) groups is 1. The van der Waals surface area contributed by atoms with Crippen LogP contribution in [0.1, 0.15) is 31.9 Å². The molecule has 0 spiro atoms. The zero-order valence-corrected chi connectivity index (χ0v) is 15.9. The Morgan fingerprint density at radius 2 is 2.23 bits per heavy atom. The molecule has 0 saturated heterocycles. The molecular weight excluding hydrogens is 393 g/mol. The van der Waals surface area contributed by atoms with Gasteiger partial charge >= 0.3 is 0 Å². The van der Waals surface area contributed by atoms with E-state index in [0.29, 0.717) is 5.41 Å². The number of rotatable bonds is 9. The Labute approximate surface area is 150 Å². The predicted molar refractivity (Wildman–Crippen MR) is 100.0 cm³/mol. The van der Waals surface area contributed by atoms with Crippen molar-refractivity contribution in [2.75, 3.05) is 33.4 Å². The van der Waals surface area contributed by atoms with Gasteiger partial charge in [-0.3, -0.25) is 4.99 Å². The third-order valence-electron chi connectivity index (χ3n) is 3.95. The highest BCUT2D eigenvalue weighted by molar-refractivity contribution is 14.0. The van der Waals surface area contributed by atoms with Gasteiger partial charge in [0, 0.05) is 39.8 Å². The van der Waals surface area contributed by atoms with Gasteiger partial charge in [0.15, 0.2) is 5.96 Å². The van der Waals surface area contributed by atoms with Crippen molar-refractivity contribution in [3.05, 3.63) is 24.2 Å². The summed E-state index contributed by atoms with van der Waals surface area (Å²) in [6, 6.07) is 3.91. The number of hydrogen-bond donors (Lipinski definition) is 2. The lowest BCUT2D eigenvalue weighted by molar-refractivity contribution is 0.174. The van der Waals surface area contributed by atoms with E-state index in [1.165, 1.54) is 12.8 Å². The number of methoxy groups -OCH3 is 1. The minimum atomic E-state index is 0. The SMILES string of the molecule is CCNC(=NCC1(CCOC)CC1)NCCc1ccco1.I. The topological polar surface area (TPSA) is 58.8 Å². The summed E-state index contributed by atoms with van der Waals surface area (Å²) in [7, 11) is 1.76.